The van der Waals surface area contributed by atoms with Gasteiger partial charge in [0.15, 0.2) is 0 Å². The molecule has 0 atom stereocenters. The van der Waals surface area contributed by atoms with E-state index in [1.807, 2.05) is 42.5 Å². The van der Waals surface area contributed by atoms with Crippen LogP contribution < -0.4 is 10.5 Å². The second-order valence-corrected chi connectivity index (χ2v) is 6.65. The van der Waals surface area contributed by atoms with Crippen LogP contribution in [0.2, 0.25) is 0 Å². The van der Waals surface area contributed by atoms with Crippen molar-refractivity contribution in [3.8, 4) is 16.9 Å². The number of carbonyl (C=O) groups is 1. The molecule has 0 amide bonds. The summed E-state index contributed by atoms with van der Waals surface area (Å²) in [5, 5.41) is 1.02. The smallest absolute Gasteiger partial charge is 0.141 e. The fraction of sp³-hybridized carbons (Fsp3) is 0.125. The van der Waals surface area contributed by atoms with Gasteiger partial charge in [-0.25, -0.2) is 0 Å². The number of hydrogen-bond acceptors (Lipinski definition) is 4. The lowest BCUT2D eigenvalue weighted by molar-refractivity contribution is -0.107. The van der Waals surface area contributed by atoms with Crippen LogP contribution in [0.3, 0.4) is 0 Å². The van der Waals surface area contributed by atoms with Crippen LogP contribution in [0.15, 0.2) is 77.4 Å². The molecule has 0 bridgehead atoms. The van der Waals surface area contributed by atoms with Crippen molar-refractivity contribution in [2.75, 3.05) is 0 Å². The van der Waals surface area contributed by atoms with Crippen molar-refractivity contribution in [1.29, 1.82) is 0 Å². The molecule has 140 valence electrons. The van der Waals surface area contributed by atoms with Gasteiger partial charge >= 0.3 is 0 Å². The van der Waals surface area contributed by atoms with Crippen LogP contribution in [-0.2, 0) is 24.4 Å². The maximum Gasteiger partial charge on any atom is 0.141 e. The number of rotatable bonds is 7. The minimum absolute atomic E-state index is 0.341. The molecule has 0 saturated carbocycles. The molecular formula is C24H21NO3. The Morgan fingerprint density at radius 2 is 1.86 bits per heavy atom. The molecule has 4 heteroatoms. The topological polar surface area (TPSA) is 65.5 Å². The Hall–Kier alpha value is -3.37. The van der Waals surface area contributed by atoms with Crippen molar-refractivity contribution in [3.05, 3.63) is 89.7 Å². The van der Waals surface area contributed by atoms with Crippen molar-refractivity contribution in [2.45, 2.75) is 19.6 Å². The van der Waals surface area contributed by atoms with Gasteiger partial charge in [0, 0.05) is 29.5 Å². The Bertz CT molecular complexity index is 1110. The van der Waals surface area contributed by atoms with E-state index in [9.17, 15) is 4.79 Å². The maximum atomic E-state index is 10.9. The molecule has 1 aromatic heterocycles. The van der Waals surface area contributed by atoms with Gasteiger partial charge in [-0.05, 0) is 47.0 Å². The third kappa shape index (κ3) is 3.68. The first-order valence-electron chi connectivity index (χ1n) is 9.22. The standard InChI is InChI=1S/C24H21NO3/c25-15-17-4-3-6-20(12-17)22-14-18(13-21-9-11-27-24(21)22)16-28-23-7-2-1-5-19(23)8-10-26/h1-7,9-14H,8,15-16,25H2. The number of para-hydroxylation sites is 1. The lowest BCUT2D eigenvalue weighted by atomic mass is 9.99. The number of furan rings is 1. The Kier molecular flexibility index (Phi) is 5.22. The molecule has 0 aliphatic heterocycles. The highest BCUT2D eigenvalue weighted by atomic mass is 16.5. The SMILES string of the molecule is NCc1cccc(-c2cc(COc3ccccc3CC=O)cc3ccoc23)c1. The summed E-state index contributed by atoms with van der Waals surface area (Å²) in [7, 11) is 0. The molecule has 4 rings (SSSR count). The van der Waals surface area contributed by atoms with E-state index >= 15 is 0 Å². The summed E-state index contributed by atoms with van der Waals surface area (Å²) in [6.45, 7) is 0.895. The monoisotopic (exact) mass is 371 g/mol. The molecule has 2 N–H and O–H groups in total. The Morgan fingerprint density at radius 3 is 2.71 bits per heavy atom. The molecular weight excluding hydrogens is 350 g/mol. The molecule has 4 aromatic rings. The fourth-order valence-electron chi connectivity index (χ4n) is 3.37. The predicted molar refractivity (Wildman–Crippen MR) is 110 cm³/mol. The van der Waals surface area contributed by atoms with Crippen LogP contribution in [0.1, 0.15) is 16.7 Å². The molecule has 0 radical (unpaired) electrons. The molecule has 4 nitrogen and oxygen atoms in total. The highest BCUT2D eigenvalue weighted by molar-refractivity contribution is 5.93. The maximum absolute atomic E-state index is 10.9. The van der Waals surface area contributed by atoms with Gasteiger partial charge in [-0.3, -0.25) is 0 Å². The molecule has 0 saturated heterocycles. The van der Waals surface area contributed by atoms with E-state index in [1.165, 1.54) is 0 Å². The zero-order chi connectivity index (χ0) is 19.3. The van der Waals surface area contributed by atoms with Crippen LogP contribution in [0.25, 0.3) is 22.1 Å². The molecule has 0 aliphatic rings. The summed E-state index contributed by atoms with van der Waals surface area (Å²) in [4.78, 5) is 10.9. The summed E-state index contributed by atoms with van der Waals surface area (Å²) >= 11 is 0. The Balaban J connectivity index is 1.68. The summed E-state index contributed by atoms with van der Waals surface area (Å²) in [5.74, 6) is 0.730. The van der Waals surface area contributed by atoms with Gasteiger partial charge in [0.05, 0.1) is 6.26 Å². The van der Waals surface area contributed by atoms with E-state index in [0.29, 0.717) is 19.6 Å². The van der Waals surface area contributed by atoms with Crippen molar-refractivity contribution >= 4 is 17.3 Å². The molecule has 0 spiro atoms. The van der Waals surface area contributed by atoms with Crippen LogP contribution in [-0.4, -0.2) is 6.29 Å². The zero-order valence-electron chi connectivity index (χ0n) is 15.4. The average molecular weight is 371 g/mol. The van der Waals surface area contributed by atoms with E-state index in [4.69, 9.17) is 14.9 Å². The molecule has 28 heavy (non-hydrogen) atoms. The van der Waals surface area contributed by atoms with Crippen LogP contribution >= 0.6 is 0 Å². The number of aldehydes is 1. The second kappa shape index (κ2) is 8.11. The van der Waals surface area contributed by atoms with Gasteiger partial charge in [-0.2, -0.15) is 0 Å². The van der Waals surface area contributed by atoms with E-state index in [-0.39, 0.29) is 0 Å². The largest absolute Gasteiger partial charge is 0.489 e. The number of nitrogens with two attached hydrogens (primary N) is 1. The first kappa shape index (κ1) is 18.0. The molecule has 0 unspecified atom stereocenters. The third-order valence-corrected chi connectivity index (χ3v) is 4.75. The number of fused-ring (bicyclic) bond motifs is 1. The van der Waals surface area contributed by atoms with E-state index in [2.05, 4.69) is 24.3 Å². The molecule has 3 aromatic carbocycles. The highest BCUT2D eigenvalue weighted by Gasteiger charge is 2.11. The summed E-state index contributed by atoms with van der Waals surface area (Å²) in [5.41, 5.74) is 11.7. The van der Waals surface area contributed by atoms with Crippen LogP contribution in [0, 0.1) is 0 Å². The van der Waals surface area contributed by atoms with Gasteiger partial charge < -0.3 is 19.7 Å². The Morgan fingerprint density at radius 1 is 0.964 bits per heavy atom. The van der Waals surface area contributed by atoms with Gasteiger partial charge in [-0.1, -0.05) is 36.4 Å². The fourth-order valence-corrected chi connectivity index (χ4v) is 3.37. The predicted octanol–water partition coefficient (Wildman–Crippen LogP) is 4.88. The van der Waals surface area contributed by atoms with Crippen LogP contribution in [0.5, 0.6) is 5.75 Å². The molecule has 1 heterocycles. The highest BCUT2D eigenvalue weighted by Crippen LogP contribution is 2.32. The lowest BCUT2D eigenvalue weighted by Gasteiger charge is -2.12. The van der Waals surface area contributed by atoms with Gasteiger partial charge in [0.25, 0.3) is 0 Å². The van der Waals surface area contributed by atoms with E-state index < -0.39 is 0 Å². The molecule has 0 aliphatic carbocycles. The van der Waals surface area contributed by atoms with Crippen molar-refractivity contribution in [2.24, 2.45) is 5.73 Å². The summed E-state index contributed by atoms with van der Waals surface area (Å²) in [6, 6.07) is 21.9. The van der Waals surface area contributed by atoms with E-state index in [1.54, 1.807) is 6.26 Å². The zero-order valence-corrected chi connectivity index (χ0v) is 15.4. The number of carbonyl (C=O) groups excluding carboxylic acids is 1. The van der Waals surface area contributed by atoms with Gasteiger partial charge in [0.2, 0.25) is 0 Å². The normalized spacial score (nSPS) is 10.9. The van der Waals surface area contributed by atoms with E-state index in [0.717, 1.165) is 50.8 Å². The van der Waals surface area contributed by atoms with Gasteiger partial charge in [-0.15, -0.1) is 0 Å². The van der Waals surface area contributed by atoms with Crippen molar-refractivity contribution in [3.63, 3.8) is 0 Å². The third-order valence-electron chi connectivity index (χ3n) is 4.75. The van der Waals surface area contributed by atoms with Crippen molar-refractivity contribution in [1.82, 2.24) is 0 Å². The minimum atomic E-state index is 0.341. The lowest BCUT2D eigenvalue weighted by Crippen LogP contribution is -2.00. The second-order valence-electron chi connectivity index (χ2n) is 6.65. The Labute approximate surface area is 163 Å². The first-order valence-corrected chi connectivity index (χ1v) is 9.22. The number of ether oxygens (including phenoxy) is 1. The quantitative estimate of drug-likeness (QED) is 0.470. The minimum Gasteiger partial charge on any atom is -0.489 e. The number of benzene rings is 3. The van der Waals surface area contributed by atoms with Gasteiger partial charge in [0.1, 0.15) is 24.2 Å². The number of hydrogen-bond donors (Lipinski definition) is 1. The summed E-state index contributed by atoms with van der Waals surface area (Å²) in [6.07, 6.45) is 2.93. The first-order chi connectivity index (χ1) is 13.8. The van der Waals surface area contributed by atoms with Crippen LogP contribution in [0.4, 0.5) is 0 Å². The average Bonchev–Trinajstić information content (AvgIpc) is 3.21. The summed E-state index contributed by atoms with van der Waals surface area (Å²) < 4.78 is 11.8. The van der Waals surface area contributed by atoms with Crippen molar-refractivity contribution < 1.29 is 13.9 Å². The molecule has 0 fully saturated rings.